The first-order valence-electron chi connectivity index (χ1n) is 3.24. The van der Waals surface area contributed by atoms with Crippen molar-refractivity contribution in [1.29, 1.82) is 0 Å². The standard InChI is InChI=1S/C8H12N2.ClH/c1-5-6(2)8(10)4-3-7(5)9;/h3-4H,9-10H2,1-2H3;1H. The molecule has 0 aliphatic carbocycles. The van der Waals surface area contributed by atoms with Crippen LogP contribution in [0, 0.1) is 13.8 Å². The Morgan fingerprint density at radius 1 is 0.909 bits per heavy atom. The molecule has 0 saturated heterocycles. The van der Waals surface area contributed by atoms with Gasteiger partial charge in [0.25, 0.3) is 0 Å². The minimum absolute atomic E-state index is 0. The van der Waals surface area contributed by atoms with Gasteiger partial charge in [-0.1, -0.05) is 0 Å². The summed E-state index contributed by atoms with van der Waals surface area (Å²) in [5.74, 6) is 0. The highest BCUT2D eigenvalue weighted by molar-refractivity contribution is 5.85. The maximum Gasteiger partial charge on any atom is 0.0347 e. The summed E-state index contributed by atoms with van der Waals surface area (Å²) < 4.78 is 0. The van der Waals surface area contributed by atoms with Gasteiger partial charge in [0.05, 0.1) is 0 Å². The predicted molar refractivity (Wildman–Crippen MR) is 52.0 cm³/mol. The van der Waals surface area contributed by atoms with Crippen LogP contribution in [0.15, 0.2) is 12.1 Å². The average Bonchev–Trinajstić information content (AvgIpc) is 1.93. The van der Waals surface area contributed by atoms with E-state index in [1.54, 1.807) is 0 Å². The first-order valence-corrected chi connectivity index (χ1v) is 3.24. The first kappa shape index (κ1) is 10.1. The molecule has 0 fully saturated rings. The van der Waals surface area contributed by atoms with Crippen LogP contribution in [0.25, 0.3) is 0 Å². The van der Waals surface area contributed by atoms with Crippen molar-refractivity contribution in [2.24, 2.45) is 0 Å². The molecular weight excluding hydrogens is 160 g/mol. The van der Waals surface area contributed by atoms with Gasteiger partial charge in [-0.2, -0.15) is 0 Å². The maximum absolute atomic E-state index is 5.63. The molecule has 11 heavy (non-hydrogen) atoms. The number of hydrogen-bond donors (Lipinski definition) is 2. The monoisotopic (exact) mass is 172 g/mol. The van der Waals surface area contributed by atoms with Crippen LogP contribution in [0.5, 0.6) is 0 Å². The SMILES string of the molecule is Cc1c(N)ccc(N)c1C.Cl. The number of nitrogens with two attached hydrogens (primary N) is 2. The summed E-state index contributed by atoms with van der Waals surface area (Å²) in [5, 5.41) is 0. The van der Waals surface area contributed by atoms with Crippen molar-refractivity contribution in [3.63, 3.8) is 0 Å². The molecule has 0 heterocycles. The quantitative estimate of drug-likeness (QED) is 0.588. The number of benzene rings is 1. The van der Waals surface area contributed by atoms with Crippen LogP contribution in [0.2, 0.25) is 0 Å². The second-order valence-corrected chi connectivity index (χ2v) is 2.49. The highest BCUT2D eigenvalue weighted by atomic mass is 35.5. The van der Waals surface area contributed by atoms with Crippen LogP contribution in [-0.4, -0.2) is 0 Å². The Hall–Kier alpha value is -0.890. The van der Waals surface area contributed by atoms with E-state index >= 15 is 0 Å². The van der Waals surface area contributed by atoms with Gasteiger partial charge in [-0.25, -0.2) is 0 Å². The van der Waals surface area contributed by atoms with Crippen LogP contribution >= 0.6 is 12.4 Å². The molecule has 1 rings (SSSR count). The Labute approximate surface area is 73.0 Å². The van der Waals surface area contributed by atoms with Gasteiger partial charge in [0.15, 0.2) is 0 Å². The van der Waals surface area contributed by atoms with E-state index in [2.05, 4.69) is 0 Å². The van der Waals surface area contributed by atoms with Crippen LogP contribution in [-0.2, 0) is 0 Å². The molecule has 0 amide bonds. The van der Waals surface area contributed by atoms with Gasteiger partial charge < -0.3 is 11.5 Å². The number of rotatable bonds is 0. The minimum atomic E-state index is 0. The Morgan fingerprint density at radius 2 is 1.18 bits per heavy atom. The zero-order chi connectivity index (χ0) is 7.72. The Balaban J connectivity index is 0.000001000. The summed E-state index contributed by atoms with van der Waals surface area (Å²) in [5.41, 5.74) is 15.1. The maximum atomic E-state index is 5.63. The molecule has 1 aromatic rings. The van der Waals surface area contributed by atoms with E-state index in [0.717, 1.165) is 22.5 Å². The third kappa shape index (κ3) is 1.77. The van der Waals surface area contributed by atoms with Crippen molar-refractivity contribution >= 4 is 23.8 Å². The van der Waals surface area contributed by atoms with Gasteiger partial charge in [0, 0.05) is 11.4 Å². The minimum Gasteiger partial charge on any atom is -0.399 e. The first-order chi connectivity index (χ1) is 4.63. The third-order valence-electron chi connectivity index (χ3n) is 1.87. The van der Waals surface area contributed by atoms with Gasteiger partial charge in [-0.15, -0.1) is 12.4 Å². The molecule has 0 radical (unpaired) electrons. The number of nitrogen functional groups attached to an aromatic ring is 2. The van der Waals surface area contributed by atoms with E-state index in [1.807, 2.05) is 26.0 Å². The van der Waals surface area contributed by atoms with Crippen molar-refractivity contribution in [1.82, 2.24) is 0 Å². The Morgan fingerprint density at radius 3 is 1.45 bits per heavy atom. The third-order valence-corrected chi connectivity index (χ3v) is 1.87. The van der Waals surface area contributed by atoms with Crippen LogP contribution < -0.4 is 11.5 Å². The summed E-state index contributed by atoms with van der Waals surface area (Å²) >= 11 is 0. The smallest absolute Gasteiger partial charge is 0.0347 e. The summed E-state index contributed by atoms with van der Waals surface area (Å²) in [6.45, 7) is 3.95. The van der Waals surface area contributed by atoms with E-state index in [1.165, 1.54) is 0 Å². The van der Waals surface area contributed by atoms with Gasteiger partial charge in [0.2, 0.25) is 0 Å². The second-order valence-electron chi connectivity index (χ2n) is 2.49. The molecule has 0 atom stereocenters. The largest absolute Gasteiger partial charge is 0.399 e. The van der Waals surface area contributed by atoms with E-state index in [4.69, 9.17) is 11.5 Å². The van der Waals surface area contributed by atoms with Crippen molar-refractivity contribution in [2.75, 3.05) is 11.5 Å². The summed E-state index contributed by atoms with van der Waals surface area (Å²) in [6, 6.07) is 3.66. The van der Waals surface area contributed by atoms with Gasteiger partial charge in [-0.05, 0) is 37.1 Å². The van der Waals surface area contributed by atoms with Gasteiger partial charge in [0.1, 0.15) is 0 Å². The van der Waals surface area contributed by atoms with E-state index in [0.29, 0.717) is 0 Å². The lowest BCUT2D eigenvalue weighted by Crippen LogP contribution is -1.96. The second kappa shape index (κ2) is 3.49. The van der Waals surface area contributed by atoms with E-state index < -0.39 is 0 Å². The molecule has 0 unspecified atom stereocenters. The Kier molecular flexibility index (Phi) is 3.20. The zero-order valence-corrected chi connectivity index (χ0v) is 7.53. The molecule has 0 aliphatic rings. The van der Waals surface area contributed by atoms with Gasteiger partial charge >= 0.3 is 0 Å². The highest BCUT2D eigenvalue weighted by Crippen LogP contribution is 2.20. The van der Waals surface area contributed by atoms with E-state index in [9.17, 15) is 0 Å². The molecule has 0 bridgehead atoms. The fourth-order valence-corrected chi connectivity index (χ4v) is 0.863. The lowest BCUT2D eigenvalue weighted by molar-refractivity contribution is 1.35. The number of halogens is 1. The summed E-state index contributed by atoms with van der Waals surface area (Å²) in [7, 11) is 0. The number of hydrogen-bond acceptors (Lipinski definition) is 2. The molecule has 62 valence electrons. The topological polar surface area (TPSA) is 52.0 Å². The lowest BCUT2D eigenvalue weighted by Gasteiger charge is -2.05. The lowest BCUT2D eigenvalue weighted by atomic mass is 10.1. The number of anilines is 2. The molecule has 3 heteroatoms. The molecular formula is C8H13ClN2. The van der Waals surface area contributed by atoms with Crippen LogP contribution in [0.4, 0.5) is 11.4 Å². The summed E-state index contributed by atoms with van der Waals surface area (Å²) in [4.78, 5) is 0. The van der Waals surface area contributed by atoms with Crippen LogP contribution in [0.3, 0.4) is 0 Å². The van der Waals surface area contributed by atoms with Crippen molar-refractivity contribution in [3.8, 4) is 0 Å². The molecule has 0 aliphatic heterocycles. The fourth-order valence-electron chi connectivity index (χ4n) is 0.863. The summed E-state index contributed by atoms with van der Waals surface area (Å²) in [6.07, 6.45) is 0. The molecule has 0 saturated carbocycles. The van der Waals surface area contributed by atoms with E-state index in [-0.39, 0.29) is 12.4 Å². The fraction of sp³-hybridized carbons (Fsp3) is 0.250. The molecule has 0 aromatic heterocycles. The molecule has 0 spiro atoms. The Bertz CT molecular complexity index is 232. The predicted octanol–water partition coefficient (Wildman–Crippen LogP) is 1.89. The van der Waals surface area contributed by atoms with Crippen LogP contribution in [0.1, 0.15) is 11.1 Å². The average molecular weight is 173 g/mol. The van der Waals surface area contributed by atoms with Gasteiger partial charge in [-0.3, -0.25) is 0 Å². The molecule has 4 N–H and O–H groups in total. The highest BCUT2D eigenvalue weighted by Gasteiger charge is 1.98. The zero-order valence-electron chi connectivity index (χ0n) is 6.72. The molecule has 2 nitrogen and oxygen atoms in total. The van der Waals surface area contributed by atoms with Crippen molar-refractivity contribution in [3.05, 3.63) is 23.3 Å². The normalized spacial score (nSPS) is 8.91. The molecule has 1 aromatic carbocycles. The van der Waals surface area contributed by atoms with Crippen molar-refractivity contribution < 1.29 is 0 Å². The van der Waals surface area contributed by atoms with Crippen molar-refractivity contribution in [2.45, 2.75) is 13.8 Å².